The Labute approximate surface area is 178 Å². The van der Waals surface area contributed by atoms with Crippen LogP contribution < -0.4 is 10.1 Å². The van der Waals surface area contributed by atoms with Crippen LogP contribution in [-0.2, 0) is 9.59 Å². The topological polar surface area (TPSA) is 71.5 Å². The molecule has 0 spiro atoms. The van der Waals surface area contributed by atoms with Crippen molar-refractivity contribution in [3.05, 3.63) is 42.0 Å². The molecule has 0 unspecified atom stereocenters. The van der Waals surface area contributed by atoms with Crippen LogP contribution in [-0.4, -0.2) is 47.9 Å². The molecule has 0 saturated carbocycles. The molecule has 30 heavy (non-hydrogen) atoms. The van der Waals surface area contributed by atoms with E-state index in [1.165, 1.54) is 0 Å². The van der Waals surface area contributed by atoms with E-state index < -0.39 is 0 Å². The summed E-state index contributed by atoms with van der Waals surface area (Å²) >= 11 is 0. The van der Waals surface area contributed by atoms with Gasteiger partial charge in [-0.3, -0.25) is 9.59 Å². The van der Waals surface area contributed by atoms with E-state index in [-0.39, 0.29) is 17.7 Å². The molecule has 3 rings (SSSR count). The lowest BCUT2D eigenvalue weighted by Crippen LogP contribution is -2.42. The van der Waals surface area contributed by atoms with Gasteiger partial charge in [-0.15, -0.1) is 0 Å². The number of para-hydroxylation sites is 1. The first-order chi connectivity index (χ1) is 14.6. The number of nitrogens with one attached hydrogen (secondary N) is 1. The molecule has 2 amide bonds. The predicted molar refractivity (Wildman–Crippen MR) is 119 cm³/mol. The quantitative estimate of drug-likeness (QED) is 0.673. The fraction of sp³-hybridized carbons (Fsp3) is 0.458. The number of likely N-dealkylation sites (tertiary alicyclic amines) is 1. The monoisotopic (exact) mass is 409 g/mol. The number of nitrogens with zero attached hydrogens (tertiary/aromatic N) is 2. The second-order valence-corrected chi connectivity index (χ2v) is 7.65. The van der Waals surface area contributed by atoms with E-state index >= 15 is 0 Å². The SMILES string of the molecule is CCCNC(=O)C1CCN(C(=O)/C=C/c2cc3ccccc3nc2OCCC)CC1. The van der Waals surface area contributed by atoms with Crippen LogP contribution in [0.25, 0.3) is 17.0 Å². The van der Waals surface area contributed by atoms with Gasteiger partial charge in [-0.1, -0.05) is 32.0 Å². The van der Waals surface area contributed by atoms with Crippen molar-refractivity contribution in [1.82, 2.24) is 15.2 Å². The fourth-order valence-electron chi connectivity index (χ4n) is 3.57. The van der Waals surface area contributed by atoms with E-state index in [4.69, 9.17) is 4.74 Å². The lowest BCUT2D eigenvalue weighted by atomic mass is 9.96. The number of carbonyl (C=O) groups is 2. The molecule has 1 saturated heterocycles. The van der Waals surface area contributed by atoms with Crippen molar-refractivity contribution < 1.29 is 14.3 Å². The summed E-state index contributed by atoms with van der Waals surface area (Å²) in [6.45, 7) is 6.58. The summed E-state index contributed by atoms with van der Waals surface area (Å²) in [5, 5.41) is 3.96. The van der Waals surface area contributed by atoms with Crippen molar-refractivity contribution in [3.8, 4) is 5.88 Å². The Bertz CT molecular complexity index is 902. The number of carbonyl (C=O) groups excluding carboxylic acids is 2. The van der Waals surface area contributed by atoms with Gasteiger partial charge in [0.05, 0.1) is 12.1 Å². The zero-order chi connectivity index (χ0) is 21.3. The van der Waals surface area contributed by atoms with Crippen LogP contribution in [0.1, 0.15) is 45.1 Å². The second kappa shape index (κ2) is 10.8. The number of ether oxygens (including phenoxy) is 1. The Kier molecular flexibility index (Phi) is 7.82. The molecule has 1 aromatic heterocycles. The zero-order valence-corrected chi connectivity index (χ0v) is 17.9. The summed E-state index contributed by atoms with van der Waals surface area (Å²) in [7, 11) is 0. The summed E-state index contributed by atoms with van der Waals surface area (Å²) < 4.78 is 5.81. The summed E-state index contributed by atoms with van der Waals surface area (Å²) in [5.41, 5.74) is 1.67. The highest BCUT2D eigenvalue weighted by atomic mass is 16.5. The van der Waals surface area contributed by atoms with E-state index in [0.29, 0.717) is 45.0 Å². The molecule has 160 valence electrons. The molecular weight excluding hydrogens is 378 g/mol. The number of amides is 2. The largest absolute Gasteiger partial charge is 0.477 e. The van der Waals surface area contributed by atoms with Crippen molar-refractivity contribution in [1.29, 1.82) is 0 Å². The minimum absolute atomic E-state index is 0.00307. The third kappa shape index (κ3) is 5.59. The van der Waals surface area contributed by atoms with Crippen LogP contribution in [0.4, 0.5) is 0 Å². The average Bonchev–Trinajstić information content (AvgIpc) is 2.79. The maximum Gasteiger partial charge on any atom is 0.246 e. The van der Waals surface area contributed by atoms with Gasteiger partial charge in [0.15, 0.2) is 0 Å². The zero-order valence-electron chi connectivity index (χ0n) is 17.9. The molecule has 1 aliphatic rings. The molecule has 1 aromatic carbocycles. The number of piperidine rings is 1. The molecule has 6 heteroatoms. The van der Waals surface area contributed by atoms with E-state index in [1.54, 1.807) is 17.1 Å². The molecule has 2 aromatic rings. The van der Waals surface area contributed by atoms with Gasteiger partial charge in [0.25, 0.3) is 0 Å². The molecule has 1 aliphatic heterocycles. The average molecular weight is 410 g/mol. The molecular formula is C24H31N3O3. The Hall–Kier alpha value is -2.89. The third-order valence-corrected chi connectivity index (χ3v) is 5.29. The molecule has 1 fully saturated rings. The Morgan fingerprint density at radius 2 is 1.97 bits per heavy atom. The first kappa shape index (κ1) is 21.8. The van der Waals surface area contributed by atoms with E-state index in [9.17, 15) is 9.59 Å². The second-order valence-electron chi connectivity index (χ2n) is 7.65. The molecule has 0 bridgehead atoms. The molecule has 6 nitrogen and oxygen atoms in total. The number of rotatable bonds is 8. The van der Waals surface area contributed by atoms with Gasteiger partial charge in [0.2, 0.25) is 17.7 Å². The van der Waals surface area contributed by atoms with Gasteiger partial charge in [-0.2, -0.15) is 0 Å². The standard InChI is InChI=1S/C24H31N3O3/c1-3-13-25-23(29)18-11-14-27(15-12-18)22(28)10-9-20-17-19-7-5-6-8-21(19)26-24(20)30-16-4-2/h5-10,17-18H,3-4,11-16H2,1-2H3,(H,25,29)/b10-9+. The third-order valence-electron chi connectivity index (χ3n) is 5.29. The number of fused-ring (bicyclic) bond motifs is 1. The van der Waals surface area contributed by atoms with Gasteiger partial charge >= 0.3 is 0 Å². The van der Waals surface area contributed by atoms with E-state index in [2.05, 4.69) is 10.3 Å². The highest BCUT2D eigenvalue weighted by Gasteiger charge is 2.26. The molecule has 0 aliphatic carbocycles. The lowest BCUT2D eigenvalue weighted by Gasteiger charge is -2.30. The Balaban J connectivity index is 1.66. The minimum atomic E-state index is -0.0444. The molecule has 1 N–H and O–H groups in total. The molecule has 2 heterocycles. The summed E-state index contributed by atoms with van der Waals surface area (Å²) in [4.78, 5) is 31.2. The number of hydrogen-bond acceptors (Lipinski definition) is 4. The van der Waals surface area contributed by atoms with Crippen LogP contribution >= 0.6 is 0 Å². The van der Waals surface area contributed by atoms with Crippen molar-refractivity contribution in [3.63, 3.8) is 0 Å². The highest BCUT2D eigenvalue weighted by Crippen LogP contribution is 2.24. The lowest BCUT2D eigenvalue weighted by molar-refractivity contribution is -0.132. The van der Waals surface area contributed by atoms with E-state index in [0.717, 1.165) is 29.3 Å². The van der Waals surface area contributed by atoms with Gasteiger partial charge in [0.1, 0.15) is 0 Å². The summed E-state index contributed by atoms with van der Waals surface area (Å²) in [6.07, 6.45) is 6.60. The maximum absolute atomic E-state index is 12.7. The van der Waals surface area contributed by atoms with Crippen LogP contribution in [0.2, 0.25) is 0 Å². The normalized spacial score (nSPS) is 14.9. The van der Waals surface area contributed by atoms with Crippen LogP contribution in [0.5, 0.6) is 5.88 Å². The van der Waals surface area contributed by atoms with Crippen LogP contribution in [0.3, 0.4) is 0 Å². The number of hydrogen-bond donors (Lipinski definition) is 1. The van der Waals surface area contributed by atoms with Crippen molar-refractivity contribution >= 4 is 28.8 Å². The predicted octanol–water partition coefficient (Wildman–Crippen LogP) is 3.80. The first-order valence-corrected chi connectivity index (χ1v) is 10.9. The number of benzene rings is 1. The Morgan fingerprint density at radius 3 is 2.70 bits per heavy atom. The summed E-state index contributed by atoms with van der Waals surface area (Å²) in [5.74, 6) is 0.616. The summed E-state index contributed by atoms with van der Waals surface area (Å²) in [6, 6.07) is 9.87. The molecule has 0 radical (unpaired) electrons. The van der Waals surface area contributed by atoms with E-state index in [1.807, 2.05) is 44.2 Å². The fourth-order valence-corrected chi connectivity index (χ4v) is 3.57. The van der Waals surface area contributed by atoms with Crippen molar-refractivity contribution in [2.75, 3.05) is 26.2 Å². The smallest absolute Gasteiger partial charge is 0.246 e. The van der Waals surface area contributed by atoms with Gasteiger partial charge in [-0.25, -0.2) is 4.98 Å². The van der Waals surface area contributed by atoms with Gasteiger partial charge in [-0.05, 0) is 43.9 Å². The first-order valence-electron chi connectivity index (χ1n) is 10.9. The van der Waals surface area contributed by atoms with Crippen LogP contribution in [0.15, 0.2) is 36.4 Å². The maximum atomic E-state index is 12.7. The Morgan fingerprint density at radius 1 is 1.20 bits per heavy atom. The van der Waals surface area contributed by atoms with Gasteiger partial charge < -0.3 is 15.0 Å². The van der Waals surface area contributed by atoms with Crippen molar-refractivity contribution in [2.24, 2.45) is 5.92 Å². The number of aromatic nitrogens is 1. The van der Waals surface area contributed by atoms with Crippen molar-refractivity contribution in [2.45, 2.75) is 39.5 Å². The number of pyridine rings is 1. The van der Waals surface area contributed by atoms with Crippen LogP contribution in [0, 0.1) is 5.92 Å². The van der Waals surface area contributed by atoms with Gasteiger partial charge in [0, 0.05) is 42.6 Å². The minimum Gasteiger partial charge on any atom is -0.477 e. The highest BCUT2D eigenvalue weighted by molar-refractivity contribution is 5.93. The molecule has 0 atom stereocenters.